The molecule has 34 heavy (non-hydrogen) atoms. The Morgan fingerprint density at radius 2 is 1.74 bits per heavy atom. The highest BCUT2D eigenvalue weighted by Crippen LogP contribution is 2.33. The van der Waals surface area contributed by atoms with Crippen molar-refractivity contribution in [3.8, 4) is 11.5 Å². The molecular weight excluding hydrogens is 445 g/mol. The molecule has 4 rings (SSSR count). The molecule has 1 aromatic heterocycles. The van der Waals surface area contributed by atoms with Crippen LogP contribution in [0.5, 0.6) is 11.5 Å². The fraction of sp³-hybridized carbons (Fsp3) is 0.115. The second-order valence-corrected chi connectivity index (χ2v) is 7.62. The van der Waals surface area contributed by atoms with Gasteiger partial charge in [-0.1, -0.05) is 18.2 Å². The fourth-order valence-corrected chi connectivity index (χ4v) is 3.45. The van der Waals surface area contributed by atoms with Crippen molar-refractivity contribution in [2.45, 2.75) is 19.1 Å². The largest absolute Gasteiger partial charge is 0.457 e. The van der Waals surface area contributed by atoms with Crippen LogP contribution in [0.2, 0.25) is 0 Å². The summed E-state index contributed by atoms with van der Waals surface area (Å²) < 4.78 is 44.1. The first kappa shape index (κ1) is 23.0. The zero-order chi connectivity index (χ0) is 24.3. The fourth-order valence-electron chi connectivity index (χ4n) is 3.45. The molecule has 4 aromatic rings. The first-order valence-electron chi connectivity index (χ1n) is 10.4. The van der Waals surface area contributed by atoms with Gasteiger partial charge in [-0.2, -0.15) is 13.2 Å². The van der Waals surface area contributed by atoms with Crippen LogP contribution in [0.4, 0.5) is 13.2 Å². The topological polar surface area (TPSA) is 68.3 Å². The SMILES string of the molecule is C[C@H](NC(=O)c1ccc2c(Oc3ccc(C(F)(F)F)cc3)cccc2c1)c1cccc(C=O)n1. The van der Waals surface area contributed by atoms with E-state index < -0.39 is 17.8 Å². The Morgan fingerprint density at radius 1 is 1.00 bits per heavy atom. The van der Waals surface area contributed by atoms with E-state index in [0.717, 1.165) is 17.5 Å². The van der Waals surface area contributed by atoms with Gasteiger partial charge in [0.1, 0.15) is 17.2 Å². The van der Waals surface area contributed by atoms with Gasteiger partial charge in [0.15, 0.2) is 6.29 Å². The molecule has 0 radical (unpaired) electrons. The molecule has 0 saturated heterocycles. The van der Waals surface area contributed by atoms with Gasteiger partial charge in [-0.3, -0.25) is 9.59 Å². The number of aromatic nitrogens is 1. The maximum absolute atomic E-state index is 12.8. The maximum atomic E-state index is 12.8. The van der Waals surface area contributed by atoms with Crippen molar-refractivity contribution < 1.29 is 27.5 Å². The van der Waals surface area contributed by atoms with Crippen molar-refractivity contribution >= 4 is 23.0 Å². The van der Waals surface area contributed by atoms with Gasteiger partial charge in [-0.05, 0) is 73.0 Å². The van der Waals surface area contributed by atoms with Gasteiger partial charge in [-0.15, -0.1) is 0 Å². The zero-order valence-electron chi connectivity index (χ0n) is 18.0. The summed E-state index contributed by atoms with van der Waals surface area (Å²) in [4.78, 5) is 27.9. The molecule has 1 atom stereocenters. The van der Waals surface area contributed by atoms with Crippen LogP contribution in [-0.4, -0.2) is 17.2 Å². The second-order valence-electron chi connectivity index (χ2n) is 7.62. The molecule has 1 heterocycles. The number of halogens is 3. The number of rotatable bonds is 6. The molecule has 0 spiro atoms. The summed E-state index contributed by atoms with van der Waals surface area (Å²) in [6, 6.07) is 19.3. The molecule has 5 nitrogen and oxygen atoms in total. The number of hydrogen-bond donors (Lipinski definition) is 1. The highest BCUT2D eigenvalue weighted by Gasteiger charge is 2.30. The Balaban J connectivity index is 1.53. The first-order chi connectivity index (χ1) is 16.2. The van der Waals surface area contributed by atoms with Crippen molar-refractivity contribution in [3.05, 3.63) is 101 Å². The minimum Gasteiger partial charge on any atom is -0.457 e. The standard InChI is InChI=1S/C26H19F3N2O3/c1-16(23-6-3-5-20(15-32)31-23)30-25(33)18-8-13-22-17(14-18)4-2-7-24(22)34-21-11-9-19(10-12-21)26(27,28)29/h2-16H,1H3,(H,30,33)/t16-/m0/s1. The summed E-state index contributed by atoms with van der Waals surface area (Å²) in [7, 11) is 0. The highest BCUT2D eigenvalue weighted by atomic mass is 19.4. The van der Waals surface area contributed by atoms with Crippen LogP contribution in [0.25, 0.3) is 10.8 Å². The Kier molecular flexibility index (Phi) is 6.32. The van der Waals surface area contributed by atoms with Crippen molar-refractivity contribution in [1.82, 2.24) is 10.3 Å². The minimum absolute atomic E-state index is 0.265. The molecule has 0 unspecified atom stereocenters. The Morgan fingerprint density at radius 3 is 2.44 bits per heavy atom. The summed E-state index contributed by atoms with van der Waals surface area (Å²) in [5.41, 5.74) is 0.504. The number of fused-ring (bicyclic) bond motifs is 1. The summed E-state index contributed by atoms with van der Waals surface area (Å²) in [6.45, 7) is 1.77. The number of aldehydes is 1. The lowest BCUT2D eigenvalue weighted by molar-refractivity contribution is -0.137. The van der Waals surface area contributed by atoms with Crippen molar-refractivity contribution in [1.29, 1.82) is 0 Å². The molecule has 8 heteroatoms. The number of carbonyl (C=O) groups is 2. The van der Waals surface area contributed by atoms with Gasteiger partial charge in [0, 0.05) is 10.9 Å². The van der Waals surface area contributed by atoms with E-state index in [4.69, 9.17) is 4.74 Å². The van der Waals surface area contributed by atoms with E-state index in [1.54, 1.807) is 55.5 Å². The van der Waals surface area contributed by atoms with Crippen molar-refractivity contribution in [3.63, 3.8) is 0 Å². The molecule has 0 saturated carbocycles. The zero-order valence-corrected chi connectivity index (χ0v) is 18.0. The molecule has 3 aromatic carbocycles. The van der Waals surface area contributed by atoms with E-state index in [0.29, 0.717) is 28.7 Å². The number of benzene rings is 3. The third-order valence-electron chi connectivity index (χ3n) is 5.22. The van der Waals surface area contributed by atoms with Crippen LogP contribution in [-0.2, 0) is 6.18 Å². The number of hydrogen-bond acceptors (Lipinski definition) is 4. The van der Waals surface area contributed by atoms with Crippen LogP contribution < -0.4 is 10.1 Å². The number of ether oxygens (including phenoxy) is 1. The molecule has 1 N–H and O–H groups in total. The van der Waals surface area contributed by atoms with Crippen molar-refractivity contribution in [2.75, 3.05) is 0 Å². The number of nitrogens with zero attached hydrogens (tertiary/aromatic N) is 1. The van der Waals surface area contributed by atoms with E-state index in [1.807, 2.05) is 6.07 Å². The molecule has 0 fully saturated rings. The maximum Gasteiger partial charge on any atom is 0.416 e. The van der Waals surface area contributed by atoms with Crippen molar-refractivity contribution in [2.24, 2.45) is 0 Å². The van der Waals surface area contributed by atoms with Gasteiger partial charge >= 0.3 is 6.18 Å². The summed E-state index contributed by atoms with van der Waals surface area (Å²) in [5, 5.41) is 4.29. The van der Waals surface area contributed by atoms with E-state index in [2.05, 4.69) is 10.3 Å². The highest BCUT2D eigenvalue weighted by molar-refractivity contribution is 6.00. The number of nitrogens with one attached hydrogen (secondary N) is 1. The minimum atomic E-state index is -4.42. The molecule has 0 aliphatic heterocycles. The van der Waals surface area contributed by atoms with Crippen LogP contribution in [0.15, 0.2) is 78.9 Å². The average Bonchev–Trinajstić information content (AvgIpc) is 2.83. The van der Waals surface area contributed by atoms with Gasteiger partial charge in [0.25, 0.3) is 5.91 Å². The predicted molar refractivity (Wildman–Crippen MR) is 121 cm³/mol. The van der Waals surface area contributed by atoms with E-state index in [9.17, 15) is 22.8 Å². The monoisotopic (exact) mass is 464 g/mol. The number of carbonyl (C=O) groups excluding carboxylic acids is 2. The van der Waals surface area contributed by atoms with E-state index in [-0.39, 0.29) is 17.4 Å². The summed E-state index contributed by atoms with van der Waals surface area (Å²) in [5.74, 6) is 0.399. The molecule has 1 amide bonds. The van der Waals surface area contributed by atoms with Crippen LogP contribution in [0, 0.1) is 0 Å². The Hall–Kier alpha value is -4.20. The predicted octanol–water partition coefficient (Wildman–Crippen LogP) is 6.35. The molecule has 0 aliphatic carbocycles. The Bertz CT molecular complexity index is 1350. The van der Waals surface area contributed by atoms with E-state index in [1.165, 1.54) is 12.1 Å². The second kappa shape index (κ2) is 9.35. The lowest BCUT2D eigenvalue weighted by atomic mass is 10.1. The average molecular weight is 464 g/mol. The molecule has 0 bridgehead atoms. The molecule has 172 valence electrons. The third-order valence-corrected chi connectivity index (χ3v) is 5.22. The summed E-state index contributed by atoms with van der Waals surface area (Å²) >= 11 is 0. The van der Waals surface area contributed by atoms with Crippen LogP contribution >= 0.6 is 0 Å². The van der Waals surface area contributed by atoms with Gasteiger partial charge < -0.3 is 10.1 Å². The first-order valence-corrected chi connectivity index (χ1v) is 10.4. The van der Waals surface area contributed by atoms with Crippen LogP contribution in [0.3, 0.4) is 0 Å². The van der Waals surface area contributed by atoms with Crippen LogP contribution in [0.1, 0.15) is 45.1 Å². The number of alkyl halides is 3. The van der Waals surface area contributed by atoms with Gasteiger partial charge in [0.2, 0.25) is 0 Å². The lowest BCUT2D eigenvalue weighted by Gasteiger charge is -2.15. The van der Waals surface area contributed by atoms with Gasteiger partial charge in [0.05, 0.1) is 17.3 Å². The lowest BCUT2D eigenvalue weighted by Crippen LogP contribution is -2.27. The van der Waals surface area contributed by atoms with E-state index >= 15 is 0 Å². The smallest absolute Gasteiger partial charge is 0.416 e. The number of pyridine rings is 1. The number of amides is 1. The molecular formula is C26H19F3N2O3. The Labute approximate surface area is 193 Å². The molecule has 0 aliphatic rings. The van der Waals surface area contributed by atoms with Gasteiger partial charge in [-0.25, -0.2) is 4.98 Å². The summed E-state index contributed by atoms with van der Waals surface area (Å²) in [6.07, 6.45) is -3.77. The normalized spacial score (nSPS) is 12.2. The third kappa shape index (κ3) is 5.06. The quantitative estimate of drug-likeness (QED) is 0.338.